The molecular formula is C11H22O7. The summed E-state index contributed by atoms with van der Waals surface area (Å²) in [6, 6.07) is 0. The summed E-state index contributed by atoms with van der Waals surface area (Å²) in [5.74, 6) is -5.16. The molecule has 1 unspecified atom stereocenters. The SMILES string of the molecule is CCCCC(O)(O)OC(O)(CCCC)OC(=O)O. The highest BCUT2D eigenvalue weighted by atomic mass is 16.9. The van der Waals surface area contributed by atoms with E-state index < -0.39 is 18.1 Å². The van der Waals surface area contributed by atoms with Crippen LogP contribution < -0.4 is 0 Å². The zero-order chi connectivity index (χ0) is 14.2. The Morgan fingerprint density at radius 3 is 2.00 bits per heavy atom. The second kappa shape index (κ2) is 7.52. The zero-order valence-electron chi connectivity index (χ0n) is 10.8. The van der Waals surface area contributed by atoms with Gasteiger partial charge in [0.25, 0.3) is 5.97 Å². The van der Waals surface area contributed by atoms with Crippen molar-refractivity contribution in [1.82, 2.24) is 0 Å². The van der Waals surface area contributed by atoms with E-state index in [1.165, 1.54) is 0 Å². The van der Waals surface area contributed by atoms with Gasteiger partial charge in [-0.25, -0.2) is 4.79 Å². The number of hydrogen-bond acceptors (Lipinski definition) is 6. The fourth-order valence-electron chi connectivity index (χ4n) is 1.37. The molecule has 4 N–H and O–H groups in total. The molecule has 108 valence electrons. The molecule has 0 aliphatic carbocycles. The molecule has 0 saturated heterocycles. The van der Waals surface area contributed by atoms with Crippen LogP contribution in [-0.4, -0.2) is 38.5 Å². The van der Waals surface area contributed by atoms with Crippen LogP contribution >= 0.6 is 0 Å². The molecule has 0 rings (SSSR count). The van der Waals surface area contributed by atoms with Gasteiger partial charge in [0.2, 0.25) is 0 Å². The average molecular weight is 266 g/mol. The summed E-state index contributed by atoms with van der Waals surface area (Å²) >= 11 is 0. The lowest BCUT2D eigenvalue weighted by Gasteiger charge is -2.32. The summed E-state index contributed by atoms with van der Waals surface area (Å²) in [5.41, 5.74) is 0. The Hall–Kier alpha value is -0.890. The summed E-state index contributed by atoms with van der Waals surface area (Å²) in [4.78, 5) is 10.5. The highest BCUT2D eigenvalue weighted by molar-refractivity contribution is 5.57. The minimum absolute atomic E-state index is 0.152. The number of carbonyl (C=O) groups is 1. The fraction of sp³-hybridized carbons (Fsp3) is 0.909. The Balaban J connectivity index is 4.59. The van der Waals surface area contributed by atoms with E-state index in [2.05, 4.69) is 9.47 Å². The lowest BCUT2D eigenvalue weighted by molar-refractivity contribution is -0.471. The van der Waals surface area contributed by atoms with Crippen molar-refractivity contribution >= 4 is 6.16 Å². The molecule has 0 heterocycles. The Morgan fingerprint density at radius 1 is 1.06 bits per heavy atom. The van der Waals surface area contributed by atoms with Crippen LogP contribution in [0.1, 0.15) is 52.4 Å². The molecule has 0 amide bonds. The average Bonchev–Trinajstić information content (AvgIpc) is 2.21. The third-order valence-corrected chi connectivity index (χ3v) is 2.27. The van der Waals surface area contributed by atoms with Crippen molar-refractivity contribution in [1.29, 1.82) is 0 Å². The first kappa shape index (κ1) is 17.1. The molecule has 18 heavy (non-hydrogen) atoms. The van der Waals surface area contributed by atoms with E-state index in [1.54, 1.807) is 0 Å². The van der Waals surface area contributed by atoms with Crippen LogP contribution in [-0.2, 0) is 9.47 Å². The van der Waals surface area contributed by atoms with E-state index in [1.807, 2.05) is 13.8 Å². The van der Waals surface area contributed by atoms with Gasteiger partial charge in [-0.15, -0.1) is 0 Å². The molecule has 1 atom stereocenters. The summed E-state index contributed by atoms with van der Waals surface area (Å²) in [6.07, 6.45) is 0.135. The first-order valence-electron chi connectivity index (χ1n) is 6.04. The van der Waals surface area contributed by atoms with Crippen molar-refractivity contribution in [3.05, 3.63) is 0 Å². The summed E-state index contributed by atoms with van der Waals surface area (Å²) in [5, 5.41) is 37.3. The highest BCUT2D eigenvalue weighted by Gasteiger charge is 2.41. The third-order valence-electron chi connectivity index (χ3n) is 2.27. The monoisotopic (exact) mass is 266 g/mol. The van der Waals surface area contributed by atoms with Gasteiger partial charge in [-0.2, -0.15) is 0 Å². The van der Waals surface area contributed by atoms with Gasteiger partial charge in [-0.3, -0.25) is 4.74 Å². The Kier molecular flexibility index (Phi) is 7.15. The van der Waals surface area contributed by atoms with Crippen molar-refractivity contribution in [3.63, 3.8) is 0 Å². The fourth-order valence-corrected chi connectivity index (χ4v) is 1.37. The standard InChI is InChI=1S/C11H22O7/c1-3-5-7-10(14,15)18-11(16,8-6-4-2)17-9(12)13/h14-16H,3-8H2,1-2H3,(H,12,13). The van der Waals surface area contributed by atoms with Gasteiger partial charge < -0.3 is 25.2 Å². The number of carboxylic acid groups (broad SMARTS) is 1. The maximum atomic E-state index is 10.5. The van der Waals surface area contributed by atoms with Crippen LogP contribution in [0.25, 0.3) is 0 Å². The Labute approximate surface area is 106 Å². The van der Waals surface area contributed by atoms with Gasteiger partial charge >= 0.3 is 12.1 Å². The minimum atomic E-state index is -2.62. The van der Waals surface area contributed by atoms with Gasteiger partial charge in [0, 0.05) is 12.8 Å². The molecule has 0 aliphatic rings. The molecule has 0 bridgehead atoms. The molecular weight excluding hydrogens is 244 g/mol. The molecule has 0 aromatic rings. The van der Waals surface area contributed by atoms with Crippen molar-refractivity contribution < 1.29 is 34.7 Å². The molecule has 0 aliphatic heterocycles. The third kappa shape index (κ3) is 7.44. The van der Waals surface area contributed by atoms with Gasteiger partial charge in [-0.1, -0.05) is 26.7 Å². The van der Waals surface area contributed by atoms with E-state index >= 15 is 0 Å². The highest BCUT2D eigenvalue weighted by Crippen LogP contribution is 2.25. The van der Waals surface area contributed by atoms with E-state index in [4.69, 9.17) is 5.11 Å². The van der Waals surface area contributed by atoms with E-state index in [0.717, 1.165) is 0 Å². The minimum Gasteiger partial charge on any atom is -0.450 e. The summed E-state index contributed by atoms with van der Waals surface area (Å²) < 4.78 is 8.79. The molecule has 0 saturated carbocycles. The molecule has 0 aromatic carbocycles. The molecule has 0 fully saturated rings. The quantitative estimate of drug-likeness (QED) is 0.368. The summed E-state index contributed by atoms with van der Waals surface area (Å²) in [6.45, 7) is 3.66. The molecule has 7 nitrogen and oxygen atoms in total. The molecule has 7 heteroatoms. The van der Waals surface area contributed by atoms with Gasteiger partial charge in [0.1, 0.15) is 0 Å². The summed E-state index contributed by atoms with van der Waals surface area (Å²) in [7, 11) is 0. The smallest absolute Gasteiger partial charge is 0.450 e. The number of unbranched alkanes of at least 4 members (excludes halogenated alkanes) is 2. The normalized spacial score (nSPS) is 15.2. The molecule has 0 aromatic heterocycles. The number of rotatable bonds is 9. The largest absolute Gasteiger partial charge is 0.510 e. The predicted octanol–water partition coefficient (Wildman–Crippen LogP) is 1.36. The van der Waals surface area contributed by atoms with E-state index in [-0.39, 0.29) is 12.8 Å². The second-order valence-electron chi connectivity index (χ2n) is 4.13. The van der Waals surface area contributed by atoms with Crippen molar-refractivity contribution in [2.24, 2.45) is 0 Å². The van der Waals surface area contributed by atoms with Crippen LogP contribution in [0.2, 0.25) is 0 Å². The van der Waals surface area contributed by atoms with Gasteiger partial charge in [0.15, 0.2) is 0 Å². The Bertz CT molecular complexity index is 254. The predicted molar refractivity (Wildman–Crippen MR) is 61.4 cm³/mol. The Morgan fingerprint density at radius 2 is 1.56 bits per heavy atom. The first-order chi connectivity index (χ1) is 8.24. The van der Waals surface area contributed by atoms with Gasteiger partial charge in [0.05, 0.1) is 0 Å². The maximum absolute atomic E-state index is 10.5. The number of hydrogen-bond donors (Lipinski definition) is 4. The van der Waals surface area contributed by atoms with Crippen molar-refractivity contribution in [2.75, 3.05) is 0 Å². The number of ether oxygens (including phenoxy) is 2. The van der Waals surface area contributed by atoms with Crippen molar-refractivity contribution in [2.45, 2.75) is 64.3 Å². The van der Waals surface area contributed by atoms with Crippen LogP contribution in [0.4, 0.5) is 4.79 Å². The lowest BCUT2D eigenvalue weighted by atomic mass is 10.2. The maximum Gasteiger partial charge on any atom is 0.510 e. The topological polar surface area (TPSA) is 116 Å². The number of aliphatic hydroxyl groups is 3. The zero-order valence-corrected chi connectivity index (χ0v) is 10.8. The van der Waals surface area contributed by atoms with Gasteiger partial charge in [-0.05, 0) is 12.8 Å². The van der Waals surface area contributed by atoms with Crippen LogP contribution in [0.5, 0.6) is 0 Å². The first-order valence-corrected chi connectivity index (χ1v) is 6.04. The van der Waals surface area contributed by atoms with E-state index in [9.17, 15) is 20.1 Å². The molecule has 0 radical (unpaired) electrons. The van der Waals surface area contributed by atoms with Crippen LogP contribution in [0.15, 0.2) is 0 Å². The second-order valence-corrected chi connectivity index (χ2v) is 4.13. The van der Waals surface area contributed by atoms with E-state index in [0.29, 0.717) is 25.7 Å². The van der Waals surface area contributed by atoms with Crippen LogP contribution in [0.3, 0.4) is 0 Å². The van der Waals surface area contributed by atoms with Crippen molar-refractivity contribution in [3.8, 4) is 0 Å². The molecule has 0 spiro atoms. The van der Waals surface area contributed by atoms with Crippen LogP contribution in [0, 0.1) is 0 Å². The lowest BCUT2D eigenvalue weighted by Crippen LogP contribution is -2.47.